The molecule has 2 N–H and O–H groups in total. The molecule has 0 unspecified atom stereocenters. The minimum absolute atomic E-state index is 0.187. The number of nitrogens with zero attached hydrogens (tertiary/aromatic N) is 1. The molecular weight excluding hydrogens is 462 g/mol. The zero-order valence-electron chi connectivity index (χ0n) is 19.9. The van der Waals surface area contributed by atoms with E-state index in [2.05, 4.69) is 22.6 Å². The molecule has 0 bridgehead atoms. The van der Waals surface area contributed by atoms with E-state index in [4.69, 9.17) is 9.47 Å². The topological polar surface area (TPSA) is 79.9 Å². The number of rotatable bonds is 10. The first kappa shape index (κ1) is 24.9. The lowest BCUT2D eigenvalue weighted by atomic mass is 10.1. The monoisotopic (exact) mass is 493 g/mol. The van der Waals surface area contributed by atoms with Crippen LogP contribution in [-0.4, -0.2) is 56.2 Å². The van der Waals surface area contributed by atoms with Gasteiger partial charge >= 0.3 is 0 Å². The Morgan fingerprint density at radius 2 is 1.89 bits per heavy atom. The van der Waals surface area contributed by atoms with Crippen LogP contribution in [0, 0.1) is 0 Å². The minimum atomic E-state index is -0.207. The molecule has 0 saturated carbocycles. The fraction of sp³-hybridized carbons (Fsp3) is 0.333. The van der Waals surface area contributed by atoms with Gasteiger partial charge in [-0.1, -0.05) is 24.3 Å². The van der Waals surface area contributed by atoms with Gasteiger partial charge in [-0.15, -0.1) is 11.3 Å². The van der Waals surface area contributed by atoms with Crippen LogP contribution in [-0.2, 0) is 11.3 Å². The molecular formula is C27H31N3O4S. The van der Waals surface area contributed by atoms with Crippen molar-refractivity contribution in [1.82, 2.24) is 10.2 Å². The van der Waals surface area contributed by atoms with E-state index in [1.165, 1.54) is 11.3 Å². The highest BCUT2D eigenvalue weighted by molar-refractivity contribution is 7.12. The van der Waals surface area contributed by atoms with Crippen molar-refractivity contribution in [1.29, 1.82) is 0 Å². The van der Waals surface area contributed by atoms with Crippen LogP contribution in [0.25, 0.3) is 0 Å². The highest BCUT2D eigenvalue weighted by atomic mass is 32.1. The summed E-state index contributed by atoms with van der Waals surface area (Å²) in [4.78, 5) is 27.9. The highest BCUT2D eigenvalue weighted by Gasteiger charge is 2.18. The quantitative estimate of drug-likeness (QED) is 0.437. The molecule has 7 nitrogen and oxygen atoms in total. The Bertz CT molecular complexity index is 1110. The average Bonchev–Trinajstić information content (AvgIpc) is 3.44. The number of carbonyl (C=O) groups is 2. The first-order valence-corrected chi connectivity index (χ1v) is 12.7. The summed E-state index contributed by atoms with van der Waals surface area (Å²) < 4.78 is 11.4. The number of hydrogen-bond acceptors (Lipinski definition) is 6. The van der Waals surface area contributed by atoms with Gasteiger partial charge in [0.2, 0.25) is 0 Å². The maximum absolute atomic E-state index is 12.7. The molecule has 1 saturated heterocycles. The lowest BCUT2D eigenvalue weighted by Crippen LogP contribution is -2.38. The lowest BCUT2D eigenvalue weighted by Gasteiger charge is -2.31. The highest BCUT2D eigenvalue weighted by Crippen LogP contribution is 2.17. The number of likely N-dealkylation sites (N-methyl/N-ethyl adjacent to an activating group) is 1. The normalized spacial score (nSPS) is 14.0. The Balaban J connectivity index is 1.25. The summed E-state index contributed by atoms with van der Waals surface area (Å²) >= 11 is 1.37. The second-order valence-electron chi connectivity index (χ2n) is 8.51. The van der Waals surface area contributed by atoms with Gasteiger partial charge in [0, 0.05) is 43.6 Å². The van der Waals surface area contributed by atoms with Crippen LogP contribution in [0.4, 0.5) is 5.69 Å². The van der Waals surface area contributed by atoms with Crippen molar-refractivity contribution >= 4 is 28.8 Å². The summed E-state index contributed by atoms with van der Waals surface area (Å²) in [5.41, 5.74) is 2.02. The molecule has 4 rings (SSSR count). The molecule has 1 aliphatic rings. The molecule has 8 heteroatoms. The molecule has 1 aliphatic heterocycles. The third kappa shape index (κ3) is 7.39. The van der Waals surface area contributed by atoms with Gasteiger partial charge in [0.05, 0.1) is 4.88 Å². The predicted octanol–water partition coefficient (Wildman–Crippen LogP) is 4.42. The zero-order chi connectivity index (χ0) is 24.5. The van der Waals surface area contributed by atoms with Gasteiger partial charge < -0.3 is 20.1 Å². The molecule has 2 aromatic carbocycles. The van der Waals surface area contributed by atoms with E-state index in [9.17, 15) is 9.59 Å². The van der Waals surface area contributed by atoms with Gasteiger partial charge in [0.15, 0.2) is 0 Å². The Morgan fingerprint density at radius 1 is 1.06 bits per heavy atom. The fourth-order valence-electron chi connectivity index (χ4n) is 3.98. The second kappa shape index (κ2) is 12.5. The first-order chi connectivity index (χ1) is 17.1. The van der Waals surface area contributed by atoms with Crippen molar-refractivity contribution in [2.24, 2.45) is 0 Å². The Hall–Kier alpha value is -3.20. The maximum atomic E-state index is 12.7. The number of nitrogens with one attached hydrogen (secondary N) is 2. The van der Waals surface area contributed by atoms with E-state index >= 15 is 0 Å². The molecule has 35 heavy (non-hydrogen) atoms. The van der Waals surface area contributed by atoms with E-state index in [-0.39, 0.29) is 11.8 Å². The van der Waals surface area contributed by atoms with E-state index in [1.807, 2.05) is 35.7 Å². The van der Waals surface area contributed by atoms with Gasteiger partial charge in [0.1, 0.15) is 12.4 Å². The molecule has 1 aromatic heterocycles. The van der Waals surface area contributed by atoms with Crippen LogP contribution in [0.15, 0.2) is 66.0 Å². The molecule has 0 aliphatic carbocycles. The largest absolute Gasteiger partial charge is 0.492 e. The van der Waals surface area contributed by atoms with Crippen molar-refractivity contribution < 1.29 is 19.1 Å². The number of carbonyl (C=O) groups excluding carboxylic acids is 2. The van der Waals surface area contributed by atoms with Gasteiger partial charge in [0.25, 0.3) is 11.8 Å². The molecule has 0 spiro atoms. The van der Waals surface area contributed by atoms with Crippen molar-refractivity contribution in [2.45, 2.75) is 25.4 Å². The summed E-state index contributed by atoms with van der Waals surface area (Å²) in [6, 6.07) is 18.8. The lowest BCUT2D eigenvalue weighted by molar-refractivity contribution is 0.0392. The number of amides is 2. The summed E-state index contributed by atoms with van der Waals surface area (Å²) in [7, 11) is 2.13. The van der Waals surface area contributed by atoms with Crippen LogP contribution in [0.3, 0.4) is 0 Å². The molecule has 2 amide bonds. The van der Waals surface area contributed by atoms with Crippen molar-refractivity contribution in [3.8, 4) is 5.75 Å². The number of anilines is 1. The third-order valence-electron chi connectivity index (χ3n) is 6.01. The molecule has 184 valence electrons. The SMILES string of the molecule is CN(CCOc1cccc(CNC(=O)c2cccc(NC(=O)c3cccs3)c2)c1)C1CCOCC1. The third-order valence-corrected chi connectivity index (χ3v) is 6.87. The van der Waals surface area contributed by atoms with E-state index in [0.29, 0.717) is 35.3 Å². The summed E-state index contributed by atoms with van der Waals surface area (Å²) in [5.74, 6) is 0.394. The Labute approximate surface area is 210 Å². The minimum Gasteiger partial charge on any atom is -0.492 e. The number of hydrogen-bond donors (Lipinski definition) is 2. The molecule has 0 atom stereocenters. The summed E-state index contributed by atoms with van der Waals surface area (Å²) in [6.45, 7) is 3.50. The van der Waals surface area contributed by atoms with Crippen LogP contribution in [0.2, 0.25) is 0 Å². The van der Waals surface area contributed by atoms with Gasteiger partial charge in [-0.25, -0.2) is 0 Å². The van der Waals surface area contributed by atoms with Gasteiger partial charge in [-0.2, -0.15) is 0 Å². The molecule has 2 heterocycles. The molecule has 3 aromatic rings. The van der Waals surface area contributed by atoms with Crippen LogP contribution >= 0.6 is 11.3 Å². The number of thiophene rings is 1. The number of ether oxygens (including phenoxy) is 2. The van der Waals surface area contributed by atoms with Crippen molar-refractivity contribution in [2.75, 3.05) is 38.7 Å². The van der Waals surface area contributed by atoms with E-state index in [1.54, 1.807) is 30.3 Å². The van der Waals surface area contributed by atoms with E-state index in [0.717, 1.165) is 43.9 Å². The van der Waals surface area contributed by atoms with Crippen LogP contribution in [0.1, 0.15) is 38.4 Å². The number of benzene rings is 2. The summed E-state index contributed by atoms with van der Waals surface area (Å²) in [6.07, 6.45) is 2.13. The van der Waals surface area contributed by atoms with Crippen LogP contribution < -0.4 is 15.4 Å². The predicted molar refractivity (Wildman–Crippen MR) is 138 cm³/mol. The van der Waals surface area contributed by atoms with Gasteiger partial charge in [-0.05, 0) is 67.2 Å². The van der Waals surface area contributed by atoms with Crippen molar-refractivity contribution in [3.05, 3.63) is 82.0 Å². The Kier molecular flexibility index (Phi) is 8.89. The smallest absolute Gasteiger partial charge is 0.265 e. The first-order valence-electron chi connectivity index (χ1n) is 11.8. The average molecular weight is 494 g/mol. The standard InChI is InChI=1S/C27H31N3O4S/c1-30(23-10-13-33-14-11-23)12-15-34-24-8-2-5-20(17-24)19-28-26(31)21-6-3-7-22(18-21)29-27(32)25-9-4-16-35-25/h2-9,16-18,23H,10-15,19H2,1H3,(H,28,31)(H,29,32). The molecule has 0 radical (unpaired) electrons. The second-order valence-corrected chi connectivity index (χ2v) is 9.46. The van der Waals surface area contributed by atoms with Crippen molar-refractivity contribution in [3.63, 3.8) is 0 Å². The van der Waals surface area contributed by atoms with Gasteiger partial charge in [-0.3, -0.25) is 14.5 Å². The fourth-order valence-corrected chi connectivity index (χ4v) is 4.60. The maximum Gasteiger partial charge on any atom is 0.265 e. The Morgan fingerprint density at radius 3 is 2.69 bits per heavy atom. The van der Waals surface area contributed by atoms with E-state index < -0.39 is 0 Å². The summed E-state index contributed by atoms with van der Waals surface area (Å²) in [5, 5.41) is 7.63. The van der Waals surface area contributed by atoms with Crippen LogP contribution in [0.5, 0.6) is 5.75 Å². The zero-order valence-corrected chi connectivity index (χ0v) is 20.7. The molecule has 1 fully saturated rings.